The molecule has 2 unspecified atom stereocenters. The van der Waals surface area contributed by atoms with Gasteiger partial charge in [0.1, 0.15) is 0 Å². The predicted molar refractivity (Wildman–Crippen MR) is 50.6 cm³/mol. The van der Waals surface area contributed by atoms with E-state index in [0.29, 0.717) is 13.0 Å². The molecule has 0 aromatic heterocycles. The molecule has 0 radical (unpaired) electrons. The molecule has 2 N–H and O–H groups in total. The zero-order valence-corrected chi connectivity index (χ0v) is 8.53. The van der Waals surface area contributed by atoms with E-state index in [1.54, 1.807) is 0 Å². The third kappa shape index (κ3) is 3.74. The first-order valence-corrected chi connectivity index (χ1v) is 4.70. The number of carboxylic acids is 1. The van der Waals surface area contributed by atoms with E-state index in [0.717, 1.165) is 6.54 Å². The number of carboxylic acid groups (broad SMARTS) is 1. The molecule has 1 aliphatic rings. The molecule has 13 heavy (non-hydrogen) atoms. The van der Waals surface area contributed by atoms with Crippen molar-refractivity contribution in [3.63, 3.8) is 0 Å². The third-order valence-electron chi connectivity index (χ3n) is 2.10. The van der Waals surface area contributed by atoms with Crippen LogP contribution in [0.3, 0.4) is 0 Å². The van der Waals surface area contributed by atoms with Gasteiger partial charge in [0.25, 0.3) is 0 Å². The Bertz CT molecular complexity index is 161. The summed E-state index contributed by atoms with van der Waals surface area (Å²) < 4.78 is 0. The van der Waals surface area contributed by atoms with Crippen molar-refractivity contribution in [3.05, 3.63) is 0 Å². The van der Waals surface area contributed by atoms with E-state index in [2.05, 4.69) is 0 Å². The second-order valence-electron chi connectivity index (χ2n) is 3.06. The highest BCUT2D eigenvalue weighted by Gasteiger charge is 2.30. The average Bonchev–Trinajstić information content (AvgIpc) is 2.07. The molecule has 4 nitrogen and oxygen atoms in total. The molecule has 0 aliphatic carbocycles. The Morgan fingerprint density at radius 3 is 2.38 bits per heavy atom. The summed E-state index contributed by atoms with van der Waals surface area (Å²) in [5.41, 5.74) is 0. The van der Waals surface area contributed by atoms with Gasteiger partial charge in [-0.3, -0.25) is 4.79 Å². The molecule has 0 aromatic rings. The summed E-state index contributed by atoms with van der Waals surface area (Å²) >= 11 is 0. The molecule has 1 aliphatic heterocycles. The SMILES string of the molecule is CC.CN1CCC(C(=O)O)C(O)C1. The first-order chi connectivity index (χ1) is 6.11. The lowest BCUT2D eigenvalue weighted by molar-refractivity contribution is -0.148. The molecule has 1 rings (SSSR count). The summed E-state index contributed by atoms with van der Waals surface area (Å²) in [6.07, 6.45) is -0.154. The number of aliphatic hydroxyl groups excluding tert-OH is 1. The van der Waals surface area contributed by atoms with Crippen molar-refractivity contribution < 1.29 is 15.0 Å². The van der Waals surface area contributed by atoms with Gasteiger partial charge in [0, 0.05) is 6.54 Å². The number of piperidine rings is 1. The Kier molecular flexibility index (Phi) is 5.66. The van der Waals surface area contributed by atoms with Crippen molar-refractivity contribution in [2.45, 2.75) is 26.4 Å². The van der Waals surface area contributed by atoms with Crippen molar-refractivity contribution in [1.29, 1.82) is 0 Å². The smallest absolute Gasteiger partial charge is 0.309 e. The van der Waals surface area contributed by atoms with Crippen LogP contribution in [-0.4, -0.2) is 47.3 Å². The maximum absolute atomic E-state index is 10.5. The zero-order chi connectivity index (χ0) is 10.4. The Morgan fingerprint density at radius 2 is 2.00 bits per heavy atom. The monoisotopic (exact) mass is 189 g/mol. The molecule has 4 heteroatoms. The number of hydrogen-bond donors (Lipinski definition) is 2. The van der Waals surface area contributed by atoms with E-state index in [-0.39, 0.29) is 0 Å². The fourth-order valence-corrected chi connectivity index (χ4v) is 1.38. The van der Waals surface area contributed by atoms with Crippen LogP contribution in [0.1, 0.15) is 20.3 Å². The Morgan fingerprint density at radius 1 is 1.46 bits per heavy atom. The molecular weight excluding hydrogens is 170 g/mol. The van der Waals surface area contributed by atoms with E-state index in [4.69, 9.17) is 5.11 Å². The standard InChI is InChI=1S/C7H13NO3.C2H6/c1-8-3-2-5(7(10)11)6(9)4-8;1-2/h5-6,9H,2-4H2,1H3,(H,10,11);1-2H3. The van der Waals surface area contributed by atoms with Crippen LogP contribution < -0.4 is 0 Å². The summed E-state index contributed by atoms with van der Waals surface area (Å²) in [5, 5.41) is 17.9. The number of hydrogen-bond acceptors (Lipinski definition) is 3. The van der Waals surface area contributed by atoms with Gasteiger partial charge in [-0.1, -0.05) is 13.8 Å². The molecule has 1 heterocycles. The highest BCUT2D eigenvalue weighted by molar-refractivity contribution is 5.70. The topological polar surface area (TPSA) is 60.8 Å². The van der Waals surface area contributed by atoms with Gasteiger partial charge in [-0.25, -0.2) is 0 Å². The maximum Gasteiger partial charge on any atom is 0.309 e. The first kappa shape index (κ1) is 12.4. The molecule has 78 valence electrons. The molecule has 0 amide bonds. The average molecular weight is 189 g/mol. The van der Waals surface area contributed by atoms with Gasteiger partial charge in [0.2, 0.25) is 0 Å². The van der Waals surface area contributed by atoms with Crippen LogP contribution in [0.4, 0.5) is 0 Å². The molecule has 0 aromatic carbocycles. The van der Waals surface area contributed by atoms with Gasteiger partial charge in [-0.05, 0) is 20.0 Å². The Hall–Kier alpha value is -0.610. The minimum Gasteiger partial charge on any atom is -0.481 e. The third-order valence-corrected chi connectivity index (χ3v) is 2.10. The lowest BCUT2D eigenvalue weighted by Crippen LogP contribution is -2.44. The molecule has 0 spiro atoms. The number of likely N-dealkylation sites (N-methyl/N-ethyl adjacent to an activating group) is 1. The molecular formula is C9H19NO3. The Balaban J connectivity index is 0.000000671. The van der Waals surface area contributed by atoms with Gasteiger partial charge >= 0.3 is 5.97 Å². The summed E-state index contributed by atoms with van der Waals surface area (Å²) in [5.74, 6) is -1.45. The summed E-state index contributed by atoms with van der Waals surface area (Å²) in [6, 6.07) is 0. The first-order valence-electron chi connectivity index (χ1n) is 4.70. The van der Waals surface area contributed by atoms with Gasteiger partial charge in [-0.15, -0.1) is 0 Å². The number of rotatable bonds is 1. The highest BCUT2D eigenvalue weighted by Crippen LogP contribution is 2.16. The van der Waals surface area contributed by atoms with E-state index in [1.807, 2.05) is 25.8 Å². The minimum absolute atomic E-state index is 0.469. The lowest BCUT2D eigenvalue weighted by Gasteiger charge is -2.30. The normalized spacial score (nSPS) is 28.9. The van der Waals surface area contributed by atoms with Gasteiger partial charge in [0.15, 0.2) is 0 Å². The highest BCUT2D eigenvalue weighted by atomic mass is 16.4. The summed E-state index contributed by atoms with van der Waals surface area (Å²) in [4.78, 5) is 12.4. The quantitative estimate of drug-likeness (QED) is 0.627. The van der Waals surface area contributed by atoms with Crippen LogP contribution >= 0.6 is 0 Å². The van der Waals surface area contributed by atoms with Crippen molar-refractivity contribution >= 4 is 5.97 Å². The van der Waals surface area contributed by atoms with Crippen LogP contribution in [-0.2, 0) is 4.79 Å². The van der Waals surface area contributed by atoms with Gasteiger partial charge in [-0.2, -0.15) is 0 Å². The van der Waals surface area contributed by atoms with Gasteiger partial charge in [0.05, 0.1) is 12.0 Å². The second-order valence-corrected chi connectivity index (χ2v) is 3.06. The number of likely N-dealkylation sites (tertiary alicyclic amines) is 1. The van der Waals surface area contributed by atoms with E-state index in [1.165, 1.54) is 0 Å². The fraction of sp³-hybridized carbons (Fsp3) is 0.889. The maximum atomic E-state index is 10.5. The number of β-amino-alcohol motifs (C(OH)–C–C–N with tert-alkyl or cyclic N) is 1. The van der Waals surface area contributed by atoms with E-state index < -0.39 is 18.0 Å². The molecule has 1 fully saturated rings. The number of aliphatic carboxylic acids is 1. The van der Waals surface area contributed by atoms with Crippen LogP contribution in [0.15, 0.2) is 0 Å². The zero-order valence-electron chi connectivity index (χ0n) is 8.53. The molecule has 2 atom stereocenters. The molecule has 0 bridgehead atoms. The minimum atomic E-state index is -0.884. The summed E-state index contributed by atoms with van der Waals surface area (Å²) in [6.45, 7) is 5.23. The van der Waals surface area contributed by atoms with Crippen LogP contribution in [0, 0.1) is 5.92 Å². The van der Waals surface area contributed by atoms with Gasteiger partial charge < -0.3 is 15.1 Å². The van der Waals surface area contributed by atoms with Crippen molar-refractivity contribution in [2.24, 2.45) is 5.92 Å². The van der Waals surface area contributed by atoms with E-state index >= 15 is 0 Å². The van der Waals surface area contributed by atoms with Crippen molar-refractivity contribution in [2.75, 3.05) is 20.1 Å². The predicted octanol–water partition coefficient (Wildman–Crippen LogP) is 0.410. The van der Waals surface area contributed by atoms with Crippen LogP contribution in [0.25, 0.3) is 0 Å². The molecule has 1 saturated heterocycles. The Labute approximate surface area is 79.2 Å². The van der Waals surface area contributed by atoms with Crippen LogP contribution in [0.2, 0.25) is 0 Å². The second kappa shape index (κ2) is 5.94. The van der Waals surface area contributed by atoms with Crippen molar-refractivity contribution in [1.82, 2.24) is 4.90 Å². The fourth-order valence-electron chi connectivity index (χ4n) is 1.38. The summed E-state index contributed by atoms with van der Waals surface area (Å²) in [7, 11) is 1.88. The lowest BCUT2D eigenvalue weighted by atomic mass is 9.94. The van der Waals surface area contributed by atoms with E-state index in [9.17, 15) is 9.90 Å². The number of nitrogens with zero attached hydrogens (tertiary/aromatic N) is 1. The number of carbonyl (C=O) groups is 1. The largest absolute Gasteiger partial charge is 0.481 e. The molecule has 0 saturated carbocycles. The van der Waals surface area contributed by atoms with Crippen molar-refractivity contribution in [3.8, 4) is 0 Å². The number of aliphatic hydroxyl groups is 1. The van der Waals surface area contributed by atoms with Crippen LogP contribution in [0.5, 0.6) is 0 Å².